The predicted molar refractivity (Wildman–Crippen MR) is 110 cm³/mol. The van der Waals surface area contributed by atoms with Gasteiger partial charge in [0.15, 0.2) is 0 Å². The average molecular weight is 341 g/mol. The van der Waals surface area contributed by atoms with Crippen molar-refractivity contribution in [1.29, 1.82) is 0 Å². The first-order valence-corrected chi connectivity index (χ1v) is 11.0. The van der Waals surface area contributed by atoms with Gasteiger partial charge < -0.3 is 4.74 Å². The first kappa shape index (κ1) is 24.0. The minimum Gasteiger partial charge on any atom is -0.381 e. The van der Waals surface area contributed by atoms with Gasteiger partial charge in [-0.25, -0.2) is 0 Å². The Kier molecular flexibility index (Phi) is 16.4. The maximum Gasteiger partial charge on any atom is 0.0471 e. The second kappa shape index (κ2) is 16.4. The van der Waals surface area contributed by atoms with Crippen LogP contribution >= 0.6 is 0 Å². The molecular weight excluding hydrogens is 292 g/mol. The summed E-state index contributed by atoms with van der Waals surface area (Å²) < 4.78 is 5.72. The lowest BCUT2D eigenvalue weighted by Gasteiger charge is -2.17. The molecule has 1 heteroatoms. The van der Waals surface area contributed by atoms with E-state index < -0.39 is 0 Å². The Labute approximate surface area is 154 Å². The topological polar surface area (TPSA) is 9.23 Å². The van der Waals surface area contributed by atoms with Crippen LogP contribution in [0.5, 0.6) is 0 Å². The highest BCUT2D eigenvalue weighted by atomic mass is 16.5. The van der Waals surface area contributed by atoms with Crippen molar-refractivity contribution in [3.05, 3.63) is 0 Å². The molecule has 0 aliphatic carbocycles. The number of unbranched alkanes of at least 4 members (excludes halogenated alkanes) is 10. The van der Waals surface area contributed by atoms with Crippen molar-refractivity contribution in [2.45, 2.75) is 125 Å². The summed E-state index contributed by atoms with van der Waals surface area (Å²) >= 11 is 0. The van der Waals surface area contributed by atoms with E-state index in [0.717, 1.165) is 19.1 Å². The summed E-state index contributed by atoms with van der Waals surface area (Å²) in [5, 5.41) is 0. The van der Waals surface area contributed by atoms with Crippen LogP contribution in [0.3, 0.4) is 0 Å². The van der Waals surface area contributed by atoms with E-state index in [9.17, 15) is 0 Å². The average Bonchev–Trinajstić information content (AvgIpc) is 2.53. The SMILES string of the molecule is CCC(C)CCCCCCCCCCCCCOCCC(C)(C)C. The molecule has 1 atom stereocenters. The first-order chi connectivity index (χ1) is 11.5. The van der Waals surface area contributed by atoms with Crippen molar-refractivity contribution in [3.8, 4) is 0 Å². The molecule has 0 aromatic heterocycles. The fourth-order valence-electron chi connectivity index (χ4n) is 2.97. The molecule has 0 bridgehead atoms. The molecule has 0 rings (SSSR count). The molecule has 1 nitrogen and oxygen atoms in total. The van der Waals surface area contributed by atoms with Gasteiger partial charge in [0.1, 0.15) is 0 Å². The molecule has 0 aromatic carbocycles. The Hall–Kier alpha value is -0.0400. The van der Waals surface area contributed by atoms with E-state index in [1.54, 1.807) is 0 Å². The Bertz CT molecular complexity index is 241. The number of hydrogen-bond acceptors (Lipinski definition) is 1. The van der Waals surface area contributed by atoms with Crippen molar-refractivity contribution < 1.29 is 4.74 Å². The van der Waals surface area contributed by atoms with Gasteiger partial charge in [-0.1, -0.05) is 112 Å². The molecule has 0 N–H and O–H groups in total. The molecule has 0 amide bonds. The van der Waals surface area contributed by atoms with Crippen LogP contribution in [0.4, 0.5) is 0 Å². The van der Waals surface area contributed by atoms with E-state index in [4.69, 9.17) is 4.74 Å². The molecule has 0 heterocycles. The van der Waals surface area contributed by atoms with Crippen LogP contribution in [0.25, 0.3) is 0 Å². The summed E-state index contributed by atoms with van der Waals surface area (Å²) in [6.07, 6.45) is 19.6. The highest BCUT2D eigenvalue weighted by Gasteiger charge is 2.08. The van der Waals surface area contributed by atoms with Gasteiger partial charge in [0.2, 0.25) is 0 Å². The number of rotatable bonds is 17. The van der Waals surface area contributed by atoms with E-state index >= 15 is 0 Å². The largest absolute Gasteiger partial charge is 0.381 e. The summed E-state index contributed by atoms with van der Waals surface area (Å²) in [4.78, 5) is 0. The number of ether oxygens (including phenoxy) is 1. The second-order valence-electron chi connectivity index (χ2n) is 9.11. The summed E-state index contributed by atoms with van der Waals surface area (Å²) in [6.45, 7) is 13.4. The normalized spacial score (nSPS) is 13.4. The number of hydrogen-bond donors (Lipinski definition) is 0. The van der Waals surface area contributed by atoms with Crippen LogP contribution < -0.4 is 0 Å². The molecule has 24 heavy (non-hydrogen) atoms. The van der Waals surface area contributed by atoms with E-state index in [-0.39, 0.29) is 0 Å². The molecule has 0 aromatic rings. The smallest absolute Gasteiger partial charge is 0.0471 e. The molecule has 0 aliphatic rings. The van der Waals surface area contributed by atoms with Crippen molar-refractivity contribution in [2.75, 3.05) is 13.2 Å². The molecular formula is C23H48O. The van der Waals surface area contributed by atoms with Gasteiger partial charge in [0.05, 0.1) is 0 Å². The molecule has 0 saturated carbocycles. The summed E-state index contributed by atoms with van der Waals surface area (Å²) in [6, 6.07) is 0. The Morgan fingerprint density at radius 3 is 1.58 bits per heavy atom. The Balaban J connectivity index is 3.05. The van der Waals surface area contributed by atoms with Gasteiger partial charge in [-0.2, -0.15) is 0 Å². The van der Waals surface area contributed by atoms with Crippen LogP contribution in [0.1, 0.15) is 125 Å². The van der Waals surface area contributed by atoms with Crippen LogP contribution in [0, 0.1) is 11.3 Å². The maximum absolute atomic E-state index is 5.72. The van der Waals surface area contributed by atoms with Crippen LogP contribution in [0.15, 0.2) is 0 Å². The molecule has 0 spiro atoms. The van der Waals surface area contributed by atoms with Crippen molar-refractivity contribution >= 4 is 0 Å². The van der Waals surface area contributed by atoms with E-state index in [1.165, 1.54) is 89.9 Å². The zero-order valence-corrected chi connectivity index (χ0v) is 17.8. The zero-order chi connectivity index (χ0) is 18.1. The van der Waals surface area contributed by atoms with Gasteiger partial charge in [0.25, 0.3) is 0 Å². The Morgan fingerprint density at radius 1 is 0.667 bits per heavy atom. The highest BCUT2D eigenvalue weighted by molar-refractivity contribution is 4.59. The lowest BCUT2D eigenvalue weighted by atomic mass is 9.93. The summed E-state index contributed by atoms with van der Waals surface area (Å²) in [5.74, 6) is 0.939. The van der Waals surface area contributed by atoms with E-state index in [2.05, 4.69) is 34.6 Å². The summed E-state index contributed by atoms with van der Waals surface area (Å²) in [5.41, 5.74) is 0.411. The fraction of sp³-hybridized carbons (Fsp3) is 1.00. The minimum absolute atomic E-state index is 0.411. The van der Waals surface area contributed by atoms with Gasteiger partial charge in [0, 0.05) is 13.2 Å². The van der Waals surface area contributed by atoms with Crippen LogP contribution in [0.2, 0.25) is 0 Å². The van der Waals surface area contributed by atoms with Crippen LogP contribution in [-0.4, -0.2) is 13.2 Å². The molecule has 0 aliphatic heterocycles. The quantitative estimate of drug-likeness (QED) is 0.243. The minimum atomic E-state index is 0.411. The third-order valence-corrected chi connectivity index (χ3v) is 5.18. The predicted octanol–water partition coefficient (Wildman–Crippen LogP) is 8.17. The first-order valence-electron chi connectivity index (χ1n) is 11.0. The molecule has 0 saturated heterocycles. The zero-order valence-electron chi connectivity index (χ0n) is 17.8. The lowest BCUT2D eigenvalue weighted by molar-refractivity contribution is 0.105. The van der Waals surface area contributed by atoms with Gasteiger partial charge in [-0.3, -0.25) is 0 Å². The van der Waals surface area contributed by atoms with E-state index in [1.807, 2.05) is 0 Å². The summed E-state index contributed by atoms with van der Waals surface area (Å²) in [7, 11) is 0. The van der Waals surface area contributed by atoms with Gasteiger partial charge >= 0.3 is 0 Å². The van der Waals surface area contributed by atoms with Gasteiger partial charge in [-0.15, -0.1) is 0 Å². The third-order valence-electron chi connectivity index (χ3n) is 5.18. The van der Waals surface area contributed by atoms with Crippen molar-refractivity contribution in [2.24, 2.45) is 11.3 Å². The third kappa shape index (κ3) is 20.0. The lowest BCUT2D eigenvalue weighted by Crippen LogP contribution is -2.09. The standard InChI is InChI=1S/C23H48O/c1-6-22(2)18-16-14-12-10-8-7-9-11-13-15-17-20-24-21-19-23(3,4)5/h22H,6-21H2,1-5H3. The van der Waals surface area contributed by atoms with E-state index in [0.29, 0.717) is 5.41 Å². The van der Waals surface area contributed by atoms with Crippen LogP contribution in [-0.2, 0) is 4.74 Å². The maximum atomic E-state index is 5.72. The molecule has 146 valence electrons. The monoisotopic (exact) mass is 340 g/mol. The van der Waals surface area contributed by atoms with Gasteiger partial charge in [-0.05, 0) is 24.2 Å². The van der Waals surface area contributed by atoms with Crippen molar-refractivity contribution in [3.63, 3.8) is 0 Å². The fourth-order valence-corrected chi connectivity index (χ4v) is 2.97. The highest BCUT2D eigenvalue weighted by Crippen LogP contribution is 2.18. The molecule has 1 unspecified atom stereocenters. The molecule has 0 fully saturated rings. The van der Waals surface area contributed by atoms with Crippen molar-refractivity contribution in [1.82, 2.24) is 0 Å². The second-order valence-corrected chi connectivity index (χ2v) is 9.11. The molecule has 0 radical (unpaired) electrons. The Morgan fingerprint density at radius 2 is 1.12 bits per heavy atom.